The third kappa shape index (κ3) is 9.60. The van der Waals surface area contributed by atoms with Crippen molar-refractivity contribution < 1.29 is 18.0 Å². The van der Waals surface area contributed by atoms with E-state index in [2.05, 4.69) is 5.32 Å². The Morgan fingerprint density at radius 1 is 0.952 bits per heavy atom. The minimum absolute atomic E-state index is 0.0587. The van der Waals surface area contributed by atoms with Crippen LogP contribution in [0.5, 0.6) is 0 Å². The van der Waals surface area contributed by atoms with Gasteiger partial charge in [0, 0.05) is 37.0 Å². The molecule has 7 nitrogen and oxygen atoms in total. The third-order valence-electron chi connectivity index (χ3n) is 7.22. The first-order valence-electron chi connectivity index (χ1n) is 14.3. The molecule has 3 rings (SSSR count). The molecule has 3 aromatic carbocycles. The molecule has 1 N–H and O–H groups in total. The summed E-state index contributed by atoms with van der Waals surface area (Å²) >= 11 is 6.50. The van der Waals surface area contributed by atoms with Crippen LogP contribution in [0.25, 0.3) is 0 Å². The molecule has 0 aliphatic carbocycles. The van der Waals surface area contributed by atoms with Gasteiger partial charge in [0.15, 0.2) is 0 Å². The Kier molecular flexibility index (Phi) is 12.0. The van der Waals surface area contributed by atoms with E-state index >= 15 is 0 Å². The zero-order valence-electron chi connectivity index (χ0n) is 25.1. The maximum Gasteiger partial charge on any atom is 0.243 e. The molecule has 0 heterocycles. The van der Waals surface area contributed by atoms with E-state index in [0.29, 0.717) is 17.1 Å². The average Bonchev–Trinajstić information content (AvgIpc) is 2.93. The first kappa shape index (κ1) is 33.1. The van der Waals surface area contributed by atoms with Gasteiger partial charge in [-0.05, 0) is 74.1 Å². The number of rotatable bonds is 14. The van der Waals surface area contributed by atoms with Gasteiger partial charge in [0.2, 0.25) is 21.8 Å². The van der Waals surface area contributed by atoms with Gasteiger partial charge in [-0.1, -0.05) is 73.1 Å². The van der Waals surface area contributed by atoms with Crippen molar-refractivity contribution in [3.8, 4) is 0 Å². The number of amides is 2. The fraction of sp³-hybridized carbons (Fsp3) is 0.394. The molecule has 0 unspecified atom stereocenters. The number of nitrogens with zero attached hydrogens (tertiary/aromatic N) is 2. The van der Waals surface area contributed by atoms with Gasteiger partial charge in [0.25, 0.3) is 0 Å². The molecule has 0 aromatic heterocycles. The van der Waals surface area contributed by atoms with Crippen LogP contribution in [0.3, 0.4) is 0 Å². The maximum absolute atomic E-state index is 14.0. The minimum atomic E-state index is -3.58. The van der Waals surface area contributed by atoms with E-state index in [-0.39, 0.29) is 43.8 Å². The molecule has 0 spiro atoms. The Bertz CT molecular complexity index is 1440. The largest absolute Gasteiger partial charge is 0.352 e. The fourth-order valence-electron chi connectivity index (χ4n) is 4.90. The molecule has 2 atom stereocenters. The lowest BCUT2D eigenvalue weighted by atomic mass is 10.0. The molecule has 9 heteroatoms. The van der Waals surface area contributed by atoms with Crippen molar-refractivity contribution in [1.29, 1.82) is 0 Å². The smallest absolute Gasteiger partial charge is 0.243 e. The number of carbonyl (C=O) groups excluding carboxylic acids is 2. The average molecular weight is 612 g/mol. The summed E-state index contributed by atoms with van der Waals surface area (Å²) in [4.78, 5) is 29.2. The number of aryl methyl sites for hydroxylation is 2. The van der Waals surface area contributed by atoms with E-state index in [1.165, 1.54) is 10.6 Å². The molecule has 3 aromatic rings. The van der Waals surface area contributed by atoms with E-state index < -0.39 is 16.1 Å². The number of halogens is 1. The van der Waals surface area contributed by atoms with Crippen LogP contribution in [0.2, 0.25) is 5.02 Å². The van der Waals surface area contributed by atoms with Crippen molar-refractivity contribution in [2.45, 2.75) is 72.0 Å². The number of sulfonamides is 1. The number of benzene rings is 3. The van der Waals surface area contributed by atoms with Gasteiger partial charge in [0.1, 0.15) is 6.04 Å². The highest BCUT2D eigenvalue weighted by Gasteiger charge is 2.31. The summed E-state index contributed by atoms with van der Waals surface area (Å²) in [6.45, 7) is 8.05. The SMILES string of the molecule is CC[C@H](C)NC(=O)[C@H](Cc1ccccc1)N(Cc1ccccc1Cl)C(=O)CCCN(c1cc(C)cc(C)c1)S(C)(=O)=O. The van der Waals surface area contributed by atoms with Gasteiger partial charge < -0.3 is 10.2 Å². The molecule has 0 radical (unpaired) electrons. The summed E-state index contributed by atoms with van der Waals surface area (Å²) in [5.74, 6) is -0.481. The number of carbonyl (C=O) groups is 2. The summed E-state index contributed by atoms with van der Waals surface area (Å²) in [6.07, 6.45) is 2.59. The summed E-state index contributed by atoms with van der Waals surface area (Å²) in [6, 6.07) is 21.7. The summed E-state index contributed by atoms with van der Waals surface area (Å²) in [5.41, 5.74) is 4.14. The summed E-state index contributed by atoms with van der Waals surface area (Å²) < 4.78 is 26.8. The van der Waals surface area contributed by atoms with Crippen LogP contribution >= 0.6 is 11.6 Å². The van der Waals surface area contributed by atoms with Crippen molar-refractivity contribution in [2.75, 3.05) is 17.1 Å². The molecular formula is C33H42ClN3O4S. The molecule has 226 valence electrons. The predicted octanol–water partition coefficient (Wildman–Crippen LogP) is 6.06. The van der Waals surface area contributed by atoms with Crippen molar-refractivity contribution in [3.63, 3.8) is 0 Å². The van der Waals surface area contributed by atoms with Crippen LogP contribution in [0.4, 0.5) is 5.69 Å². The second kappa shape index (κ2) is 15.2. The van der Waals surface area contributed by atoms with Crippen LogP contribution < -0.4 is 9.62 Å². The lowest BCUT2D eigenvalue weighted by Crippen LogP contribution is -2.52. The molecule has 0 fully saturated rings. The summed E-state index contributed by atoms with van der Waals surface area (Å²) in [5, 5.41) is 3.57. The van der Waals surface area contributed by atoms with Crippen LogP contribution in [0.15, 0.2) is 72.8 Å². The molecule has 2 amide bonds. The summed E-state index contributed by atoms with van der Waals surface area (Å²) in [7, 11) is -3.58. The van der Waals surface area contributed by atoms with E-state index in [4.69, 9.17) is 11.6 Å². The zero-order valence-corrected chi connectivity index (χ0v) is 26.7. The standard InChI is InChI=1S/C33H42ClN3O4S/c1-6-26(4)35-33(39)31(22-27-13-8-7-9-14-27)36(23-28-15-10-11-16-30(28)34)32(38)17-12-18-37(42(5,40)41)29-20-24(2)19-25(3)21-29/h7-11,13-16,19-21,26,31H,6,12,17-18,22-23H2,1-5H3,(H,35,39)/t26-,31-/m0/s1. The molecule has 42 heavy (non-hydrogen) atoms. The molecule has 0 saturated heterocycles. The highest BCUT2D eigenvalue weighted by Crippen LogP contribution is 2.24. The number of hydrogen-bond donors (Lipinski definition) is 1. The quantitative estimate of drug-likeness (QED) is 0.240. The van der Waals surface area contributed by atoms with Gasteiger partial charge in [0.05, 0.1) is 11.9 Å². The number of hydrogen-bond acceptors (Lipinski definition) is 4. The molecule has 0 aliphatic rings. The monoisotopic (exact) mass is 611 g/mol. The first-order valence-corrected chi connectivity index (χ1v) is 16.5. The van der Waals surface area contributed by atoms with Gasteiger partial charge >= 0.3 is 0 Å². The van der Waals surface area contributed by atoms with Crippen LogP contribution in [-0.2, 0) is 32.6 Å². The van der Waals surface area contributed by atoms with E-state index in [0.717, 1.165) is 28.7 Å². The number of anilines is 1. The minimum Gasteiger partial charge on any atom is -0.352 e. The topological polar surface area (TPSA) is 86.8 Å². The van der Waals surface area contributed by atoms with Gasteiger partial charge in [-0.25, -0.2) is 8.42 Å². The highest BCUT2D eigenvalue weighted by atomic mass is 35.5. The Hall–Kier alpha value is -3.36. The lowest BCUT2D eigenvalue weighted by molar-refractivity contribution is -0.141. The van der Waals surface area contributed by atoms with Crippen molar-refractivity contribution in [1.82, 2.24) is 10.2 Å². The number of nitrogens with one attached hydrogen (secondary N) is 1. The van der Waals surface area contributed by atoms with Crippen LogP contribution in [0, 0.1) is 13.8 Å². The highest BCUT2D eigenvalue weighted by molar-refractivity contribution is 7.92. The predicted molar refractivity (Wildman–Crippen MR) is 171 cm³/mol. The van der Waals surface area contributed by atoms with Gasteiger partial charge in [-0.3, -0.25) is 13.9 Å². The molecular weight excluding hydrogens is 570 g/mol. The van der Waals surface area contributed by atoms with E-state index in [1.807, 2.05) is 94.4 Å². The Morgan fingerprint density at radius 3 is 2.17 bits per heavy atom. The van der Waals surface area contributed by atoms with Gasteiger partial charge in [-0.15, -0.1) is 0 Å². The molecule has 0 aliphatic heterocycles. The Morgan fingerprint density at radius 2 is 1.57 bits per heavy atom. The maximum atomic E-state index is 14.0. The van der Waals surface area contributed by atoms with Crippen molar-refractivity contribution in [3.05, 3.63) is 100 Å². The van der Waals surface area contributed by atoms with Crippen molar-refractivity contribution in [2.24, 2.45) is 0 Å². The Balaban J connectivity index is 1.91. The lowest BCUT2D eigenvalue weighted by Gasteiger charge is -2.33. The van der Waals surface area contributed by atoms with E-state index in [9.17, 15) is 18.0 Å². The first-order chi connectivity index (χ1) is 19.9. The second-order valence-corrected chi connectivity index (χ2v) is 13.2. The fourth-order valence-corrected chi connectivity index (χ4v) is 6.05. The van der Waals surface area contributed by atoms with Crippen LogP contribution in [-0.4, -0.2) is 50.0 Å². The van der Waals surface area contributed by atoms with Gasteiger partial charge in [-0.2, -0.15) is 0 Å². The van der Waals surface area contributed by atoms with Crippen LogP contribution in [0.1, 0.15) is 55.4 Å². The molecule has 0 bridgehead atoms. The molecule has 0 saturated carbocycles. The van der Waals surface area contributed by atoms with Crippen molar-refractivity contribution >= 4 is 39.1 Å². The zero-order chi connectivity index (χ0) is 30.9. The Labute approximate surface area is 255 Å². The third-order valence-corrected chi connectivity index (χ3v) is 8.78. The van der Waals surface area contributed by atoms with E-state index in [1.54, 1.807) is 11.0 Å². The second-order valence-electron chi connectivity index (χ2n) is 10.9. The normalized spacial score (nSPS) is 12.8.